The first-order valence-electron chi connectivity index (χ1n) is 6.04. The maximum atomic E-state index is 12.3. The number of allylic oxidation sites excluding steroid dienone is 1. The summed E-state index contributed by atoms with van der Waals surface area (Å²) in [6.45, 7) is 6.47. The molecule has 6 nitrogen and oxygen atoms in total. The number of carbonyl (C=O) groups is 1. The highest BCUT2D eigenvalue weighted by Crippen LogP contribution is 2.17. The van der Waals surface area contributed by atoms with Crippen molar-refractivity contribution in [1.29, 1.82) is 0 Å². The Balaban J connectivity index is 2.50. The number of nitrogens with zero attached hydrogens (tertiary/aromatic N) is 3. The number of carbonyl (C=O) groups excluding carboxylic acids is 1. The second-order valence-electron chi connectivity index (χ2n) is 4.05. The molecule has 2 heterocycles. The summed E-state index contributed by atoms with van der Waals surface area (Å²) in [4.78, 5) is 28.1. The molecule has 0 aliphatic carbocycles. The minimum Gasteiger partial charge on any atom is -0.355 e. The number of likely N-dealkylation sites (N-methyl/N-ethyl adjacent to an activating group) is 1. The van der Waals surface area contributed by atoms with Crippen LogP contribution in [0.15, 0.2) is 23.8 Å². The zero-order valence-electron chi connectivity index (χ0n) is 11.0. The Kier molecular flexibility index (Phi) is 4.46. The molecule has 0 aromatic carbocycles. The van der Waals surface area contributed by atoms with E-state index in [2.05, 4.69) is 16.9 Å². The van der Waals surface area contributed by atoms with Crippen LogP contribution in [-0.4, -0.2) is 26.6 Å². The third-order valence-corrected chi connectivity index (χ3v) is 4.07. The van der Waals surface area contributed by atoms with E-state index in [9.17, 15) is 9.59 Å². The van der Waals surface area contributed by atoms with Gasteiger partial charge in [-0.25, -0.2) is 4.98 Å². The van der Waals surface area contributed by atoms with Crippen LogP contribution in [0.2, 0.25) is 0 Å². The number of nitrogens with one attached hydrogen (secondary N) is 1. The van der Waals surface area contributed by atoms with Gasteiger partial charge in [-0.2, -0.15) is 0 Å². The second kappa shape index (κ2) is 6.10. The predicted molar refractivity (Wildman–Crippen MR) is 81.6 cm³/mol. The molecule has 0 saturated heterocycles. The Bertz CT molecular complexity index is 772. The zero-order valence-corrected chi connectivity index (χ0v) is 12.6. The largest absolute Gasteiger partial charge is 0.355 e. The summed E-state index contributed by atoms with van der Waals surface area (Å²) in [5.41, 5.74) is 0.289. The maximum Gasteiger partial charge on any atom is 0.273 e. The molecule has 2 aromatic rings. The molecule has 8 heteroatoms. The maximum absolute atomic E-state index is 12.3. The van der Waals surface area contributed by atoms with Crippen molar-refractivity contribution in [2.75, 3.05) is 6.54 Å². The summed E-state index contributed by atoms with van der Waals surface area (Å²) in [6.07, 6.45) is 3.07. The normalized spacial score (nSPS) is 10.7. The monoisotopic (exact) mass is 310 g/mol. The molecule has 0 radical (unpaired) electrons. The van der Waals surface area contributed by atoms with Crippen LogP contribution < -0.4 is 10.9 Å². The molecular weight excluding hydrogens is 296 g/mol. The highest BCUT2D eigenvalue weighted by molar-refractivity contribution is 7.73. The first-order valence-corrected chi connectivity index (χ1v) is 7.27. The lowest BCUT2D eigenvalue weighted by molar-refractivity contribution is -0.121. The first kappa shape index (κ1) is 14.6. The van der Waals surface area contributed by atoms with Crippen molar-refractivity contribution in [3.05, 3.63) is 33.3 Å². The van der Waals surface area contributed by atoms with Crippen molar-refractivity contribution >= 4 is 39.8 Å². The second-order valence-corrected chi connectivity index (χ2v) is 5.70. The highest BCUT2D eigenvalue weighted by Gasteiger charge is 2.12. The van der Waals surface area contributed by atoms with Crippen molar-refractivity contribution in [2.24, 2.45) is 0 Å². The lowest BCUT2D eigenvalue weighted by Gasteiger charge is -2.05. The van der Waals surface area contributed by atoms with Crippen molar-refractivity contribution < 1.29 is 4.79 Å². The van der Waals surface area contributed by atoms with E-state index in [0.717, 1.165) is 0 Å². The van der Waals surface area contributed by atoms with Crippen molar-refractivity contribution in [2.45, 2.75) is 20.0 Å². The molecule has 0 saturated carbocycles. The van der Waals surface area contributed by atoms with Gasteiger partial charge < -0.3 is 9.88 Å². The first-order chi connectivity index (χ1) is 9.58. The molecule has 0 spiro atoms. The van der Waals surface area contributed by atoms with Crippen LogP contribution in [0.4, 0.5) is 0 Å². The fraction of sp³-hybridized carbons (Fsp3) is 0.333. The Labute approximate surface area is 124 Å². The van der Waals surface area contributed by atoms with Gasteiger partial charge in [0, 0.05) is 13.1 Å². The minimum atomic E-state index is -0.250. The smallest absolute Gasteiger partial charge is 0.273 e. The molecule has 0 aliphatic rings. The van der Waals surface area contributed by atoms with E-state index in [1.807, 2.05) is 6.92 Å². The summed E-state index contributed by atoms with van der Waals surface area (Å²) in [7, 11) is 0. The molecule has 0 bridgehead atoms. The highest BCUT2D eigenvalue weighted by atomic mass is 32.1. The van der Waals surface area contributed by atoms with E-state index >= 15 is 0 Å². The summed E-state index contributed by atoms with van der Waals surface area (Å²) in [5, 5.41) is 2.64. The quantitative estimate of drug-likeness (QED) is 0.668. The van der Waals surface area contributed by atoms with Gasteiger partial charge in [-0.1, -0.05) is 17.4 Å². The fourth-order valence-electron chi connectivity index (χ4n) is 1.78. The molecule has 1 N–H and O–H groups in total. The van der Waals surface area contributed by atoms with E-state index in [4.69, 9.17) is 12.2 Å². The lowest BCUT2D eigenvalue weighted by atomic mass is 10.5. The summed E-state index contributed by atoms with van der Waals surface area (Å²) in [6, 6.07) is 0. The van der Waals surface area contributed by atoms with Crippen molar-refractivity contribution in [1.82, 2.24) is 19.4 Å². The van der Waals surface area contributed by atoms with Gasteiger partial charge in [-0.15, -0.1) is 6.58 Å². The molecule has 0 fully saturated rings. The standard InChI is InChI=1S/C12H14N4O2S2/c1-3-5-16-10-9(20-12(16)19)11(18)15(7-14-10)6-8(17)13-4-2/h3,7H,1,4-6H2,2H3,(H,13,17). The van der Waals surface area contributed by atoms with Crippen LogP contribution in [0.3, 0.4) is 0 Å². The van der Waals surface area contributed by atoms with E-state index in [-0.39, 0.29) is 18.0 Å². The Morgan fingerprint density at radius 2 is 2.40 bits per heavy atom. The predicted octanol–water partition coefficient (Wildman–Crippen LogP) is 1.31. The number of aromatic nitrogens is 3. The molecule has 0 atom stereocenters. The lowest BCUT2D eigenvalue weighted by Crippen LogP contribution is -2.32. The van der Waals surface area contributed by atoms with Crippen LogP contribution in [-0.2, 0) is 17.9 Å². The van der Waals surface area contributed by atoms with Gasteiger partial charge in [0.05, 0.1) is 0 Å². The molecule has 1 amide bonds. The van der Waals surface area contributed by atoms with Gasteiger partial charge in [-0.05, 0) is 19.1 Å². The van der Waals surface area contributed by atoms with Gasteiger partial charge in [0.1, 0.15) is 17.6 Å². The molecule has 0 unspecified atom stereocenters. The fourth-order valence-corrected chi connectivity index (χ4v) is 3.10. The summed E-state index contributed by atoms with van der Waals surface area (Å²) in [5.74, 6) is -0.218. The average molecular weight is 310 g/mol. The van der Waals surface area contributed by atoms with E-state index in [0.29, 0.717) is 27.4 Å². The van der Waals surface area contributed by atoms with Crippen molar-refractivity contribution in [3.8, 4) is 0 Å². The third kappa shape index (κ3) is 2.70. The van der Waals surface area contributed by atoms with Gasteiger partial charge in [0.15, 0.2) is 9.60 Å². The van der Waals surface area contributed by atoms with Crippen LogP contribution in [0, 0.1) is 3.95 Å². The molecule has 20 heavy (non-hydrogen) atoms. The molecule has 2 aromatic heterocycles. The third-order valence-electron chi connectivity index (χ3n) is 2.64. The number of fused-ring (bicyclic) bond motifs is 1. The van der Waals surface area contributed by atoms with E-state index in [1.54, 1.807) is 10.6 Å². The van der Waals surface area contributed by atoms with Gasteiger partial charge in [-0.3, -0.25) is 14.2 Å². The Morgan fingerprint density at radius 1 is 1.65 bits per heavy atom. The van der Waals surface area contributed by atoms with Gasteiger partial charge >= 0.3 is 0 Å². The average Bonchev–Trinajstić information content (AvgIpc) is 2.72. The number of hydrogen-bond acceptors (Lipinski definition) is 5. The molecule has 106 valence electrons. The van der Waals surface area contributed by atoms with Crippen LogP contribution in [0.25, 0.3) is 10.3 Å². The minimum absolute atomic E-state index is 0.0399. The van der Waals surface area contributed by atoms with Crippen molar-refractivity contribution in [3.63, 3.8) is 0 Å². The number of thiazole rings is 1. The molecular formula is C12H14N4O2S2. The number of hydrogen-bond donors (Lipinski definition) is 1. The van der Waals surface area contributed by atoms with Crippen LogP contribution in [0.1, 0.15) is 6.92 Å². The molecule has 0 aliphatic heterocycles. The topological polar surface area (TPSA) is 68.9 Å². The van der Waals surface area contributed by atoms with E-state index in [1.165, 1.54) is 22.2 Å². The van der Waals surface area contributed by atoms with Crippen LogP contribution >= 0.6 is 23.6 Å². The number of rotatable bonds is 5. The number of amides is 1. The SMILES string of the molecule is C=CCn1c(=S)sc2c(=O)n(CC(=O)NCC)cnc21. The Hall–Kier alpha value is -1.80. The van der Waals surface area contributed by atoms with Gasteiger partial charge in [0.25, 0.3) is 5.56 Å². The van der Waals surface area contributed by atoms with Gasteiger partial charge in [0.2, 0.25) is 5.91 Å². The zero-order chi connectivity index (χ0) is 14.7. The summed E-state index contributed by atoms with van der Waals surface area (Å²) >= 11 is 6.42. The van der Waals surface area contributed by atoms with Crippen LogP contribution in [0.5, 0.6) is 0 Å². The Morgan fingerprint density at radius 3 is 3.05 bits per heavy atom. The van der Waals surface area contributed by atoms with E-state index < -0.39 is 0 Å². The summed E-state index contributed by atoms with van der Waals surface area (Å²) < 4.78 is 4.07. The molecule has 2 rings (SSSR count).